The average Bonchev–Trinajstić information content (AvgIpc) is 3.28. The number of hydrogen-bond donors (Lipinski definition) is 2. The first-order valence-electron chi connectivity index (χ1n) is 8.30. The van der Waals surface area contributed by atoms with Gasteiger partial charge in [-0.25, -0.2) is 4.98 Å². The molecule has 2 N–H and O–H groups in total. The van der Waals surface area contributed by atoms with E-state index in [1.54, 1.807) is 0 Å². The molecule has 0 saturated heterocycles. The second kappa shape index (κ2) is 5.56. The van der Waals surface area contributed by atoms with Crippen molar-refractivity contribution in [2.24, 2.45) is 5.41 Å². The van der Waals surface area contributed by atoms with Gasteiger partial charge in [-0.3, -0.25) is 9.59 Å². The maximum atomic E-state index is 12.9. The van der Waals surface area contributed by atoms with Gasteiger partial charge >= 0.3 is 10.2 Å². The first-order chi connectivity index (χ1) is 12.6. The van der Waals surface area contributed by atoms with Crippen LogP contribution in [0.4, 0.5) is 19.4 Å². The lowest BCUT2D eigenvalue weighted by Gasteiger charge is -2.40. The summed E-state index contributed by atoms with van der Waals surface area (Å²) >= 11 is 0. The largest absolute Gasteiger partial charge is 0.343 e. The molecule has 1 heterocycles. The van der Waals surface area contributed by atoms with Gasteiger partial charge in [-0.2, -0.15) is 0 Å². The summed E-state index contributed by atoms with van der Waals surface area (Å²) in [6.07, 6.45) is 1.40. The minimum atomic E-state index is -9.77. The van der Waals surface area contributed by atoms with Gasteiger partial charge in [0.15, 0.2) is 0 Å². The van der Waals surface area contributed by atoms with Crippen molar-refractivity contribution < 1.29 is 24.2 Å². The number of H-pyrrole nitrogens is 1. The lowest BCUT2D eigenvalue weighted by molar-refractivity contribution is 0.0913. The molecule has 1 saturated carbocycles. The Bertz CT molecular complexity index is 999. The van der Waals surface area contributed by atoms with Crippen molar-refractivity contribution in [3.05, 3.63) is 57.8 Å². The molecule has 11 heteroatoms. The van der Waals surface area contributed by atoms with Crippen molar-refractivity contribution in [1.29, 1.82) is 0 Å². The molecule has 0 aliphatic heterocycles. The molecular formula is C17H18F5N3O2S. The lowest BCUT2D eigenvalue weighted by atomic mass is 9.91. The number of rotatable bonds is 5. The van der Waals surface area contributed by atoms with Crippen LogP contribution in [0.5, 0.6) is 0 Å². The number of aromatic nitrogens is 2. The van der Waals surface area contributed by atoms with E-state index in [2.05, 4.69) is 15.3 Å². The van der Waals surface area contributed by atoms with Gasteiger partial charge in [-0.05, 0) is 42.9 Å². The normalized spacial score (nSPS) is 19.2. The topological polar surface area (TPSA) is 74.8 Å². The van der Waals surface area contributed by atoms with E-state index in [0.29, 0.717) is 25.0 Å². The summed E-state index contributed by atoms with van der Waals surface area (Å²) in [6.45, 7) is 3.32. The van der Waals surface area contributed by atoms with E-state index in [0.717, 1.165) is 18.2 Å². The van der Waals surface area contributed by atoms with E-state index in [9.17, 15) is 29.0 Å². The number of aryl methyl sites for hydroxylation is 1. The molecule has 1 aromatic heterocycles. The zero-order chi connectivity index (χ0) is 21.0. The van der Waals surface area contributed by atoms with Gasteiger partial charge in [0.1, 0.15) is 16.4 Å². The van der Waals surface area contributed by atoms with E-state index in [4.69, 9.17) is 0 Å². The summed E-state index contributed by atoms with van der Waals surface area (Å²) in [6, 6.07) is 2.84. The van der Waals surface area contributed by atoms with Gasteiger partial charge in [0.2, 0.25) is 0 Å². The summed E-state index contributed by atoms with van der Waals surface area (Å²) in [5.74, 6) is -0.448. The highest BCUT2D eigenvalue weighted by Gasteiger charge is 2.65. The van der Waals surface area contributed by atoms with E-state index < -0.39 is 38.0 Å². The maximum absolute atomic E-state index is 12.9. The summed E-state index contributed by atoms with van der Waals surface area (Å²) in [7, 11) is -9.77. The van der Waals surface area contributed by atoms with Gasteiger partial charge in [-0.15, -0.1) is 0 Å². The zero-order valence-electron chi connectivity index (χ0n) is 14.9. The van der Waals surface area contributed by atoms with Crippen LogP contribution in [0.3, 0.4) is 0 Å². The Morgan fingerprint density at radius 1 is 1.18 bits per heavy atom. The lowest BCUT2D eigenvalue weighted by Crippen LogP contribution is -2.34. The molecule has 2 aromatic rings. The Morgan fingerprint density at radius 2 is 1.75 bits per heavy atom. The third kappa shape index (κ3) is 4.34. The van der Waals surface area contributed by atoms with Gasteiger partial charge < -0.3 is 10.3 Å². The first-order valence-corrected chi connectivity index (χ1v) is 10.3. The highest BCUT2D eigenvalue weighted by molar-refractivity contribution is 8.45. The van der Waals surface area contributed by atoms with Crippen LogP contribution in [-0.4, -0.2) is 15.9 Å². The Hall–Kier alpha value is -2.43. The molecule has 0 bridgehead atoms. The molecule has 1 aliphatic rings. The summed E-state index contributed by atoms with van der Waals surface area (Å²) in [4.78, 5) is 28.4. The molecule has 0 radical (unpaired) electrons. The van der Waals surface area contributed by atoms with Crippen molar-refractivity contribution in [2.75, 3.05) is 0 Å². The third-order valence-corrected chi connectivity index (χ3v) is 5.93. The quantitative estimate of drug-likeness (QED) is 0.664. The predicted octanol–water partition coefficient (Wildman–Crippen LogP) is 5.01. The van der Waals surface area contributed by atoms with Gasteiger partial charge in [-0.1, -0.05) is 38.5 Å². The summed E-state index contributed by atoms with van der Waals surface area (Å²) in [5.41, 5.74) is -0.825. The molecular weight excluding hydrogens is 405 g/mol. The second-order valence-electron chi connectivity index (χ2n) is 7.31. The van der Waals surface area contributed by atoms with Crippen molar-refractivity contribution in [3.8, 4) is 0 Å². The maximum Gasteiger partial charge on any atom is 0.310 e. The minimum absolute atomic E-state index is 0.140. The molecule has 1 aromatic carbocycles. The highest BCUT2D eigenvalue weighted by Crippen LogP contribution is 3.02. The number of benzene rings is 1. The van der Waals surface area contributed by atoms with E-state index in [1.165, 1.54) is 6.92 Å². The molecule has 1 atom stereocenters. The number of nitrogens with one attached hydrogen (secondary N) is 2. The smallest absolute Gasteiger partial charge is 0.310 e. The average molecular weight is 423 g/mol. The van der Waals surface area contributed by atoms with Crippen LogP contribution in [0, 0.1) is 12.3 Å². The molecule has 154 valence electrons. The number of carbonyl (C=O) groups excluding carboxylic acids is 1. The molecule has 1 fully saturated rings. The van der Waals surface area contributed by atoms with Crippen molar-refractivity contribution in [3.63, 3.8) is 0 Å². The van der Waals surface area contributed by atoms with Crippen LogP contribution in [-0.2, 0) is 0 Å². The molecule has 28 heavy (non-hydrogen) atoms. The van der Waals surface area contributed by atoms with E-state index in [-0.39, 0.29) is 17.1 Å². The zero-order valence-corrected chi connectivity index (χ0v) is 15.8. The second-order valence-corrected chi connectivity index (χ2v) is 9.72. The number of carbonyl (C=O) groups is 1. The molecule has 5 nitrogen and oxygen atoms in total. The summed E-state index contributed by atoms with van der Waals surface area (Å²) in [5, 5.41) is 2.67. The van der Waals surface area contributed by atoms with Crippen molar-refractivity contribution in [1.82, 2.24) is 15.3 Å². The van der Waals surface area contributed by atoms with Crippen molar-refractivity contribution in [2.45, 2.75) is 37.6 Å². The fourth-order valence-electron chi connectivity index (χ4n) is 2.96. The van der Waals surface area contributed by atoms with Gasteiger partial charge in [0, 0.05) is 6.07 Å². The Kier molecular flexibility index (Phi) is 4.03. The Morgan fingerprint density at radius 3 is 2.21 bits per heavy atom. The van der Waals surface area contributed by atoms with Crippen LogP contribution < -0.4 is 10.9 Å². The fraction of sp³-hybridized carbons (Fsp3) is 0.353. The fourth-order valence-corrected chi connectivity index (χ4v) is 3.61. The van der Waals surface area contributed by atoms with Crippen molar-refractivity contribution >= 4 is 16.1 Å². The SMILES string of the molecule is Cc1nc(C(=O)N[C@@H](c2ccc(S(F)(F)(F)(F)F)cc2)C2(C)CC2)cc(=O)[nH]1. The number of hydrogen-bond acceptors (Lipinski definition) is 3. The molecule has 1 aliphatic carbocycles. The number of amides is 1. The van der Waals surface area contributed by atoms with Crippen LogP contribution in [0.2, 0.25) is 0 Å². The predicted molar refractivity (Wildman–Crippen MR) is 95.0 cm³/mol. The minimum Gasteiger partial charge on any atom is -0.343 e. The highest BCUT2D eigenvalue weighted by atomic mass is 32.5. The van der Waals surface area contributed by atoms with E-state index >= 15 is 0 Å². The first kappa shape index (κ1) is 20.3. The van der Waals surface area contributed by atoms with Crippen LogP contribution in [0.1, 0.15) is 47.7 Å². The molecule has 3 rings (SSSR count). The monoisotopic (exact) mass is 423 g/mol. The van der Waals surface area contributed by atoms with Gasteiger partial charge in [0.05, 0.1) is 6.04 Å². The molecule has 0 unspecified atom stereocenters. The van der Waals surface area contributed by atoms with Gasteiger partial charge in [0.25, 0.3) is 11.5 Å². The number of halogens is 5. The Balaban J connectivity index is 1.92. The standard InChI is InChI=1S/C17H18F5N3O2S/c1-10-23-13(9-14(26)24-10)16(27)25-15(17(2)7-8-17)11-3-5-12(6-4-11)28(18,19,20,21)22/h3-6,9,15H,7-8H2,1-2H3,(H,25,27)(H,23,24,26)/t15-/m0/s1. The van der Waals surface area contributed by atoms with Crippen LogP contribution in [0.25, 0.3) is 0 Å². The van der Waals surface area contributed by atoms with Crippen LogP contribution in [0.15, 0.2) is 40.0 Å². The molecule has 0 spiro atoms. The Labute approximate surface area is 157 Å². The third-order valence-electron chi connectivity index (χ3n) is 4.76. The van der Waals surface area contributed by atoms with Crippen LogP contribution >= 0.6 is 10.2 Å². The number of aromatic amines is 1. The summed E-state index contributed by atoms with van der Waals surface area (Å²) < 4.78 is 64.6. The molecule has 1 amide bonds. The number of nitrogens with zero attached hydrogens (tertiary/aromatic N) is 1. The van der Waals surface area contributed by atoms with E-state index in [1.807, 2.05) is 6.92 Å².